The summed E-state index contributed by atoms with van der Waals surface area (Å²) in [5, 5.41) is 2.71. The van der Waals surface area contributed by atoms with Gasteiger partial charge in [-0.3, -0.25) is 9.10 Å². The normalized spacial score (nSPS) is 12.8. The number of carbonyl (C=O) groups is 1. The van der Waals surface area contributed by atoms with Gasteiger partial charge in [-0.2, -0.15) is 0 Å². The van der Waals surface area contributed by atoms with Crippen LogP contribution < -0.4 is 9.62 Å². The summed E-state index contributed by atoms with van der Waals surface area (Å²) in [7, 11) is -3.51. The molecule has 1 aromatic carbocycles. The van der Waals surface area contributed by atoms with Crippen molar-refractivity contribution in [3.63, 3.8) is 0 Å². The molecule has 0 saturated heterocycles. The minimum atomic E-state index is -3.51. The largest absolute Gasteiger partial charge is 0.354 e. The SMILES string of the molecule is CCCNC(=O)[C@H](C)N(c1ccccc1)S(C)(=O)=O. The van der Waals surface area contributed by atoms with Crippen LogP contribution in [-0.4, -0.2) is 33.2 Å². The molecule has 0 spiro atoms. The Morgan fingerprint density at radius 1 is 1.32 bits per heavy atom. The molecular formula is C13H20N2O3S. The van der Waals surface area contributed by atoms with Crippen molar-refractivity contribution in [1.29, 1.82) is 0 Å². The highest BCUT2D eigenvalue weighted by Gasteiger charge is 2.28. The Kier molecular flexibility index (Phi) is 5.35. The van der Waals surface area contributed by atoms with E-state index in [1.807, 2.05) is 6.92 Å². The summed E-state index contributed by atoms with van der Waals surface area (Å²) in [5.74, 6) is -0.295. The Labute approximate surface area is 114 Å². The Morgan fingerprint density at radius 2 is 1.89 bits per heavy atom. The maximum Gasteiger partial charge on any atom is 0.243 e. The van der Waals surface area contributed by atoms with E-state index in [2.05, 4.69) is 5.32 Å². The Balaban J connectivity index is 3.03. The van der Waals surface area contributed by atoms with Crippen LogP contribution in [0.15, 0.2) is 30.3 Å². The number of nitrogens with zero attached hydrogens (tertiary/aromatic N) is 1. The van der Waals surface area contributed by atoms with Gasteiger partial charge in [-0.15, -0.1) is 0 Å². The minimum Gasteiger partial charge on any atom is -0.354 e. The summed E-state index contributed by atoms with van der Waals surface area (Å²) in [6, 6.07) is 7.85. The quantitative estimate of drug-likeness (QED) is 0.858. The molecular weight excluding hydrogens is 264 g/mol. The van der Waals surface area contributed by atoms with Gasteiger partial charge in [0.15, 0.2) is 0 Å². The molecule has 0 aliphatic carbocycles. The highest BCUT2D eigenvalue weighted by atomic mass is 32.2. The second-order valence-corrected chi connectivity index (χ2v) is 6.22. The number of rotatable bonds is 6. The average Bonchev–Trinajstić information content (AvgIpc) is 2.35. The fourth-order valence-electron chi connectivity index (χ4n) is 1.78. The van der Waals surface area contributed by atoms with E-state index in [0.29, 0.717) is 12.2 Å². The van der Waals surface area contributed by atoms with Gasteiger partial charge < -0.3 is 5.32 Å². The van der Waals surface area contributed by atoms with Crippen molar-refractivity contribution < 1.29 is 13.2 Å². The fourth-order valence-corrected chi connectivity index (χ4v) is 2.95. The van der Waals surface area contributed by atoms with Gasteiger partial charge in [0.25, 0.3) is 0 Å². The van der Waals surface area contributed by atoms with Gasteiger partial charge in [0, 0.05) is 6.54 Å². The number of anilines is 1. The summed E-state index contributed by atoms with van der Waals surface area (Å²) in [5.41, 5.74) is 0.490. The topological polar surface area (TPSA) is 66.5 Å². The third kappa shape index (κ3) is 4.24. The first-order chi connectivity index (χ1) is 8.88. The van der Waals surface area contributed by atoms with Crippen LogP contribution in [0.2, 0.25) is 0 Å². The van der Waals surface area contributed by atoms with E-state index in [-0.39, 0.29) is 5.91 Å². The van der Waals surface area contributed by atoms with Gasteiger partial charge in [-0.1, -0.05) is 25.1 Å². The van der Waals surface area contributed by atoms with Crippen LogP contribution in [-0.2, 0) is 14.8 Å². The van der Waals surface area contributed by atoms with Gasteiger partial charge >= 0.3 is 0 Å². The number of benzene rings is 1. The lowest BCUT2D eigenvalue weighted by molar-refractivity contribution is -0.121. The summed E-state index contributed by atoms with van der Waals surface area (Å²) >= 11 is 0. The Bertz CT molecular complexity index is 514. The molecule has 0 aromatic heterocycles. The van der Waals surface area contributed by atoms with Crippen LogP contribution in [0.1, 0.15) is 20.3 Å². The molecule has 0 unspecified atom stereocenters. The maximum atomic E-state index is 11.9. The highest BCUT2D eigenvalue weighted by Crippen LogP contribution is 2.19. The highest BCUT2D eigenvalue weighted by molar-refractivity contribution is 7.92. The minimum absolute atomic E-state index is 0.295. The van der Waals surface area contributed by atoms with E-state index < -0.39 is 16.1 Å². The van der Waals surface area contributed by atoms with Crippen molar-refractivity contribution in [2.24, 2.45) is 0 Å². The monoisotopic (exact) mass is 284 g/mol. The Hall–Kier alpha value is -1.56. The summed E-state index contributed by atoms with van der Waals surface area (Å²) < 4.78 is 24.9. The molecule has 0 bridgehead atoms. The van der Waals surface area contributed by atoms with Crippen LogP contribution in [0.25, 0.3) is 0 Å². The number of hydrogen-bond acceptors (Lipinski definition) is 3. The van der Waals surface area contributed by atoms with Gasteiger partial charge in [-0.25, -0.2) is 8.42 Å². The molecule has 5 nitrogen and oxygen atoms in total. The van der Waals surface area contributed by atoms with E-state index in [9.17, 15) is 13.2 Å². The lowest BCUT2D eigenvalue weighted by Crippen LogP contribution is -2.48. The van der Waals surface area contributed by atoms with Gasteiger partial charge in [0.05, 0.1) is 11.9 Å². The molecule has 0 fully saturated rings. The average molecular weight is 284 g/mol. The third-order valence-corrected chi connectivity index (χ3v) is 3.89. The molecule has 19 heavy (non-hydrogen) atoms. The first-order valence-electron chi connectivity index (χ1n) is 6.20. The van der Waals surface area contributed by atoms with Crippen LogP contribution in [0.4, 0.5) is 5.69 Å². The molecule has 1 aromatic rings. The zero-order chi connectivity index (χ0) is 14.5. The molecule has 1 rings (SSSR count). The van der Waals surface area contributed by atoms with E-state index in [1.54, 1.807) is 37.3 Å². The van der Waals surface area contributed by atoms with E-state index in [1.165, 1.54) is 0 Å². The second-order valence-electron chi connectivity index (χ2n) is 4.36. The number of para-hydroxylation sites is 1. The summed E-state index contributed by atoms with van der Waals surface area (Å²) in [4.78, 5) is 11.9. The molecule has 1 amide bonds. The fraction of sp³-hybridized carbons (Fsp3) is 0.462. The predicted octanol–water partition coefficient (Wildman–Crippen LogP) is 1.37. The molecule has 0 heterocycles. The van der Waals surface area contributed by atoms with Crippen LogP contribution in [0.5, 0.6) is 0 Å². The van der Waals surface area contributed by atoms with Crippen molar-refractivity contribution >= 4 is 21.6 Å². The van der Waals surface area contributed by atoms with Crippen molar-refractivity contribution in [3.05, 3.63) is 30.3 Å². The van der Waals surface area contributed by atoms with Crippen molar-refractivity contribution in [3.8, 4) is 0 Å². The molecule has 0 saturated carbocycles. The smallest absolute Gasteiger partial charge is 0.243 e. The number of nitrogens with one attached hydrogen (secondary N) is 1. The standard InChI is InChI=1S/C13H20N2O3S/c1-4-10-14-13(16)11(2)15(19(3,17)18)12-8-6-5-7-9-12/h5-9,11H,4,10H2,1-3H3,(H,14,16)/t11-/m0/s1. The molecule has 0 aliphatic rings. The summed E-state index contributed by atoms with van der Waals surface area (Å²) in [6.45, 7) is 4.06. The first kappa shape index (κ1) is 15.5. The zero-order valence-corrected chi connectivity index (χ0v) is 12.3. The number of hydrogen-bond donors (Lipinski definition) is 1. The number of amides is 1. The lowest BCUT2D eigenvalue weighted by atomic mass is 10.2. The van der Waals surface area contributed by atoms with Crippen molar-refractivity contribution in [2.75, 3.05) is 17.1 Å². The lowest BCUT2D eigenvalue weighted by Gasteiger charge is -2.28. The van der Waals surface area contributed by atoms with Crippen LogP contribution >= 0.6 is 0 Å². The predicted molar refractivity (Wildman–Crippen MR) is 76.5 cm³/mol. The van der Waals surface area contributed by atoms with Gasteiger partial charge in [0.1, 0.15) is 6.04 Å². The molecule has 6 heteroatoms. The van der Waals surface area contributed by atoms with Gasteiger partial charge in [0.2, 0.25) is 15.9 Å². The van der Waals surface area contributed by atoms with Crippen LogP contribution in [0, 0.1) is 0 Å². The van der Waals surface area contributed by atoms with Crippen molar-refractivity contribution in [2.45, 2.75) is 26.3 Å². The van der Waals surface area contributed by atoms with E-state index in [0.717, 1.165) is 17.0 Å². The number of sulfonamides is 1. The van der Waals surface area contributed by atoms with Gasteiger partial charge in [-0.05, 0) is 25.5 Å². The number of carbonyl (C=O) groups excluding carboxylic acids is 1. The Morgan fingerprint density at radius 3 is 2.37 bits per heavy atom. The van der Waals surface area contributed by atoms with E-state index in [4.69, 9.17) is 0 Å². The second kappa shape index (κ2) is 6.56. The molecule has 1 atom stereocenters. The zero-order valence-electron chi connectivity index (χ0n) is 11.5. The third-order valence-electron chi connectivity index (χ3n) is 2.65. The molecule has 0 aliphatic heterocycles. The van der Waals surface area contributed by atoms with Crippen LogP contribution in [0.3, 0.4) is 0 Å². The van der Waals surface area contributed by atoms with E-state index >= 15 is 0 Å². The maximum absolute atomic E-state index is 11.9. The molecule has 1 N–H and O–H groups in total. The molecule has 106 valence electrons. The van der Waals surface area contributed by atoms with Crippen molar-refractivity contribution in [1.82, 2.24) is 5.32 Å². The molecule has 0 radical (unpaired) electrons. The first-order valence-corrected chi connectivity index (χ1v) is 8.05. The summed E-state index contributed by atoms with van der Waals surface area (Å²) in [6.07, 6.45) is 1.91.